The predicted molar refractivity (Wildman–Crippen MR) is 445 cm³/mol. The molecule has 10 rings (SSSR count). The van der Waals surface area contributed by atoms with Gasteiger partial charge in [-0.25, -0.2) is 29.6 Å². The molecule has 0 radical (unpaired) electrons. The Kier molecular flexibility index (Phi) is 32.9. The Bertz CT molecular complexity index is 4220. The van der Waals surface area contributed by atoms with E-state index in [1.165, 1.54) is 12.2 Å². The van der Waals surface area contributed by atoms with Crippen molar-refractivity contribution in [2.75, 3.05) is 49.5 Å². The lowest BCUT2D eigenvalue weighted by molar-refractivity contribution is -0.145. The van der Waals surface area contributed by atoms with Crippen LogP contribution in [0.5, 0.6) is 34.5 Å². The molecule has 2 aliphatic carbocycles. The van der Waals surface area contributed by atoms with Crippen molar-refractivity contribution >= 4 is 102 Å². The summed E-state index contributed by atoms with van der Waals surface area (Å²) in [5.41, 5.74) is 7.61. The van der Waals surface area contributed by atoms with Crippen molar-refractivity contribution < 1.29 is 66.7 Å². The Balaban J connectivity index is 0.859. The second-order valence-corrected chi connectivity index (χ2v) is 31.1. The largest absolute Gasteiger partial charge is 0.493 e. The average molecular weight is 1560 g/mol. The topological polar surface area (TPSA) is 233 Å². The van der Waals surface area contributed by atoms with Crippen LogP contribution in [0.25, 0.3) is 31.6 Å². The lowest BCUT2D eigenvalue weighted by Gasteiger charge is -2.26. The van der Waals surface area contributed by atoms with E-state index in [0.29, 0.717) is 125 Å². The lowest BCUT2D eigenvalue weighted by atomic mass is 9.82. The Morgan fingerprint density at radius 3 is 1.10 bits per heavy atom. The summed E-state index contributed by atoms with van der Waals surface area (Å²) < 4.78 is 49.5. The number of esters is 6. The van der Waals surface area contributed by atoms with Crippen molar-refractivity contribution in [1.82, 2.24) is 9.97 Å². The van der Waals surface area contributed by atoms with Gasteiger partial charge < -0.3 is 37.9 Å². The maximum atomic E-state index is 14.6. The molecule has 0 aliphatic heterocycles. The number of aromatic nitrogens is 2. The van der Waals surface area contributed by atoms with E-state index in [2.05, 4.69) is 39.1 Å². The van der Waals surface area contributed by atoms with Gasteiger partial charge in [0.25, 0.3) is 0 Å². The molecule has 0 bridgehead atoms. The van der Waals surface area contributed by atoms with E-state index in [-0.39, 0.29) is 11.9 Å². The van der Waals surface area contributed by atoms with Crippen LogP contribution < -0.4 is 38.4 Å². The van der Waals surface area contributed by atoms with E-state index in [0.717, 1.165) is 178 Å². The van der Waals surface area contributed by atoms with Crippen LogP contribution in [0.3, 0.4) is 0 Å². The molecular formula is C90H108N6O14S2. The highest BCUT2D eigenvalue weighted by Gasteiger charge is 2.35. The molecule has 594 valence electrons. The molecule has 2 heterocycles. The number of thiazole rings is 2. The molecule has 2 aliphatic rings. The second-order valence-electron chi connectivity index (χ2n) is 29.1. The monoisotopic (exact) mass is 1560 g/mol. The maximum Gasteiger partial charge on any atom is 0.330 e. The van der Waals surface area contributed by atoms with Gasteiger partial charge in [-0.3, -0.25) is 19.2 Å². The molecule has 0 atom stereocenters. The standard InChI is InChI=1S/C90H108N6O14S2/c1-9-13-15-25-47-95(89-93-73-31-21-23-33-81(73)111-89)91-59-71-57-69(43-45-75(71)107-85(99)65-35-39-67(40-36-65)87(101)109-79-55-61(5)77(53-63(79)7)103-49-27-17-19-29-51-105-83(97)11-3)70-44-46-76(72(58-70)60-92-96(48-26-16-14-10-2)90-94-74-32-22-24-34-82(74)112-90)108-86(100)66-37-41-68(42-38-66)88(102)110-80-56-62(6)78(54-64(80)8)104-50-28-18-20-30-52-106-84(98)12-4/h11-12,21-24,31-34,43-46,53-60,65-68H,3-4,9-10,13-20,25-30,35-42,47-52H2,1-2,5-8H3/b91-59+,92-60+. The van der Waals surface area contributed by atoms with Crippen LogP contribution in [0, 0.1) is 51.4 Å². The van der Waals surface area contributed by atoms with Gasteiger partial charge in [0.15, 0.2) is 0 Å². The number of fused-ring (bicyclic) bond motifs is 2. The van der Waals surface area contributed by atoms with Crippen LogP contribution in [-0.2, 0) is 38.2 Å². The third kappa shape index (κ3) is 25.0. The summed E-state index contributed by atoms with van der Waals surface area (Å²) in [5.74, 6) is -1.05. The fraction of sp³-hybridized carbons (Fsp3) is 0.444. The molecule has 2 aromatic heterocycles. The van der Waals surface area contributed by atoms with Gasteiger partial charge in [-0.1, -0.05) is 125 Å². The van der Waals surface area contributed by atoms with Crippen LogP contribution in [0.15, 0.2) is 145 Å². The SMILES string of the molecule is C=CC(=O)OCCCCCCOc1cc(C)c(OC(=O)C2CCC(C(=O)Oc3ccc(-c4ccc(OC(=O)C5CCC(C(=O)Oc6cc(C)c(OCCCCCCOC(=O)C=C)cc6C)CC5)c(/C=N/N(CCCCCC)c5nc6ccccc6s5)c4)cc3/C=N/N(CCCCCC)c3nc4ccccc4s3)CC2)cc1C. The minimum atomic E-state index is -0.480. The number of anilines is 2. The van der Waals surface area contributed by atoms with Crippen LogP contribution in [0.4, 0.5) is 10.3 Å². The molecule has 112 heavy (non-hydrogen) atoms. The summed E-state index contributed by atoms with van der Waals surface area (Å²) in [4.78, 5) is 89.5. The first-order valence-corrected chi connectivity index (χ1v) is 41.7. The number of carbonyl (C=O) groups excluding carboxylic acids is 6. The molecule has 0 saturated heterocycles. The number of benzene rings is 6. The smallest absolute Gasteiger partial charge is 0.330 e. The van der Waals surface area contributed by atoms with Crippen LogP contribution in [0.1, 0.15) is 201 Å². The summed E-state index contributed by atoms with van der Waals surface area (Å²) in [6.45, 7) is 21.9. The molecule has 2 fully saturated rings. The van der Waals surface area contributed by atoms with E-state index >= 15 is 0 Å². The summed E-state index contributed by atoms with van der Waals surface area (Å²) >= 11 is 3.13. The Morgan fingerprint density at radius 1 is 0.411 bits per heavy atom. The number of unbranched alkanes of at least 4 members (excludes halogenated alkanes) is 12. The highest BCUT2D eigenvalue weighted by atomic mass is 32.1. The molecule has 0 N–H and O–H groups in total. The van der Waals surface area contributed by atoms with E-state index < -0.39 is 47.5 Å². The van der Waals surface area contributed by atoms with Gasteiger partial charge in [0.05, 0.1) is 83.0 Å². The number of para-hydroxylation sites is 2. The number of carbonyl (C=O) groups is 6. The second kappa shape index (κ2) is 43.7. The van der Waals surface area contributed by atoms with Gasteiger partial charge >= 0.3 is 35.8 Å². The third-order valence-corrected chi connectivity index (χ3v) is 22.6. The first-order valence-electron chi connectivity index (χ1n) is 40.0. The van der Waals surface area contributed by atoms with E-state index in [1.807, 2.05) is 123 Å². The predicted octanol–water partition coefficient (Wildman–Crippen LogP) is 20.6. The number of hydrogen-bond acceptors (Lipinski definition) is 22. The van der Waals surface area contributed by atoms with Crippen LogP contribution in [-0.4, -0.2) is 97.7 Å². The average Bonchev–Trinajstić information content (AvgIpc) is 1.82. The first-order chi connectivity index (χ1) is 54.5. The maximum absolute atomic E-state index is 14.6. The summed E-state index contributed by atoms with van der Waals surface area (Å²) in [6, 6.07) is 34.9. The molecule has 6 aromatic carbocycles. The van der Waals surface area contributed by atoms with Gasteiger partial charge in [-0.05, 0) is 249 Å². The Morgan fingerprint density at radius 2 is 0.741 bits per heavy atom. The van der Waals surface area contributed by atoms with E-state index in [4.69, 9.17) is 58.1 Å². The van der Waals surface area contributed by atoms with Crippen molar-refractivity contribution in [1.29, 1.82) is 0 Å². The number of hydrogen-bond donors (Lipinski definition) is 0. The van der Waals surface area contributed by atoms with Crippen molar-refractivity contribution in [3.63, 3.8) is 0 Å². The number of rotatable bonds is 43. The minimum absolute atomic E-state index is 0.314. The van der Waals surface area contributed by atoms with Crippen LogP contribution >= 0.6 is 22.7 Å². The van der Waals surface area contributed by atoms with Crippen molar-refractivity contribution in [2.24, 2.45) is 33.9 Å². The zero-order valence-electron chi connectivity index (χ0n) is 65.9. The quantitative estimate of drug-likeness (QED) is 0.00863. The summed E-state index contributed by atoms with van der Waals surface area (Å²) in [5, 5.41) is 15.7. The lowest BCUT2D eigenvalue weighted by Crippen LogP contribution is -2.30. The molecule has 0 amide bonds. The number of nitrogens with zero attached hydrogens (tertiary/aromatic N) is 6. The summed E-state index contributed by atoms with van der Waals surface area (Å²) in [6.07, 6.45) is 24.3. The number of aryl methyl sites for hydroxylation is 4. The molecule has 2 saturated carbocycles. The third-order valence-electron chi connectivity index (χ3n) is 20.5. The molecule has 0 unspecified atom stereocenters. The highest BCUT2D eigenvalue weighted by Crippen LogP contribution is 2.39. The minimum Gasteiger partial charge on any atom is -0.493 e. The normalized spacial score (nSPS) is 15.6. The van der Waals surface area contributed by atoms with Crippen molar-refractivity contribution in [2.45, 2.75) is 196 Å². The highest BCUT2D eigenvalue weighted by molar-refractivity contribution is 7.22. The van der Waals surface area contributed by atoms with Gasteiger partial charge in [-0.15, -0.1) is 0 Å². The van der Waals surface area contributed by atoms with Crippen molar-refractivity contribution in [3.8, 4) is 45.6 Å². The van der Waals surface area contributed by atoms with E-state index in [1.54, 1.807) is 47.2 Å². The Labute approximate surface area is 667 Å². The van der Waals surface area contributed by atoms with Gasteiger partial charge in [0.2, 0.25) is 10.3 Å². The zero-order valence-corrected chi connectivity index (χ0v) is 67.5. The fourth-order valence-corrected chi connectivity index (χ4v) is 15.6. The molecular weight excluding hydrogens is 1450 g/mol. The Hall–Kier alpha value is -10.1. The zero-order chi connectivity index (χ0) is 79.1. The number of ether oxygens (including phenoxy) is 8. The fourth-order valence-electron chi connectivity index (χ4n) is 13.7. The van der Waals surface area contributed by atoms with E-state index in [9.17, 15) is 28.8 Å². The molecule has 8 aromatic rings. The van der Waals surface area contributed by atoms with Gasteiger partial charge in [0, 0.05) is 36.4 Å². The molecule has 20 nitrogen and oxygen atoms in total. The van der Waals surface area contributed by atoms with Gasteiger partial charge in [0.1, 0.15) is 34.5 Å². The number of hydrazone groups is 2. The summed E-state index contributed by atoms with van der Waals surface area (Å²) in [7, 11) is 0. The van der Waals surface area contributed by atoms with Crippen molar-refractivity contribution in [3.05, 3.63) is 168 Å². The van der Waals surface area contributed by atoms with Gasteiger partial charge in [-0.2, -0.15) is 10.2 Å². The first kappa shape index (κ1) is 84.4. The molecule has 0 spiro atoms. The molecule has 22 heteroatoms. The van der Waals surface area contributed by atoms with Crippen LogP contribution in [0.2, 0.25) is 0 Å².